The van der Waals surface area contributed by atoms with Crippen molar-refractivity contribution in [1.29, 1.82) is 0 Å². The van der Waals surface area contributed by atoms with E-state index in [1.807, 2.05) is 0 Å². The first kappa shape index (κ1) is 18.8. The Morgan fingerprint density at radius 2 is 1.88 bits per heavy atom. The molecule has 24 heavy (non-hydrogen) atoms. The third-order valence-electron chi connectivity index (χ3n) is 3.64. The molecule has 1 aliphatic rings. The molecule has 1 aliphatic heterocycles. The molecule has 134 valence electrons. The SMILES string of the molecule is O=C(O)N1CCC(NS(=O)(=O)c2ccc(C(F)(F)F)cc2Cl)CC1. The van der Waals surface area contributed by atoms with Gasteiger partial charge in [0.1, 0.15) is 4.90 Å². The number of benzene rings is 1. The van der Waals surface area contributed by atoms with Gasteiger partial charge >= 0.3 is 12.3 Å². The molecule has 0 unspecified atom stereocenters. The third kappa shape index (κ3) is 4.31. The average molecular weight is 387 g/mol. The first-order chi connectivity index (χ1) is 11.0. The summed E-state index contributed by atoms with van der Waals surface area (Å²) in [5, 5.41) is 8.31. The van der Waals surface area contributed by atoms with Gasteiger partial charge in [-0.1, -0.05) is 11.6 Å². The van der Waals surface area contributed by atoms with Crippen LogP contribution in [-0.4, -0.2) is 43.6 Å². The van der Waals surface area contributed by atoms with Crippen molar-refractivity contribution in [2.45, 2.75) is 30.0 Å². The number of nitrogens with one attached hydrogen (secondary N) is 1. The third-order valence-corrected chi connectivity index (χ3v) is 5.64. The van der Waals surface area contributed by atoms with Crippen LogP contribution >= 0.6 is 11.6 Å². The number of carboxylic acid groups (broad SMARTS) is 1. The molecule has 0 aliphatic carbocycles. The van der Waals surface area contributed by atoms with Crippen molar-refractivity contribution in [2.24, 2.45) is 0 Å². The number of carbonyl (C=O) groups is 1. The second kappa shape index (κ2) is 6.77. The summed E-state index contributed by atoms with van der Waals surface area (Å²) in [6, 6.07) is 1.50. The van der Waals surface area contributed by atoms with Gasteiger partial charge in [-0.2, -0.15) is 13.2 Å². The highest BCUT2D eigenvalue weighted by molar-refractivity contribution is 7.89. The van der Waals surface area contributed by atoms with Gasteiger partial charge in [0, 0.05) is 19.1 Å². The van der Waals surface area contributed by atoms with Gasteiger partial charge in [-0.3, -0.25) is 0 Å². The molecule has 11 heteroatoms. The molecule has 1 fully saturated rings. The van der Waals surface area contributed by atoms with E-state index in [1.54, 1.807) is 0 Å². The fourth-order valence-corrected chi connectivity index (χ4v) is 4.22. The molecule has 0 bridgehead atoms. The van der Waals surface area contributed by atoms with E-state index in [0.717, 1.165) is 11.0 Å². The Morgan fingerprint density at radius 1 is 1.29 bits per heavy atom. The summed E-state index contributed by atoms with van der Waals surface area (Å²) in [4.78, 5) is 11.5. The van der Waals surface area contributed by atoms with Crippen molar-refractivity contribution in [2.75, 3.05) is 13.1 Å². The van der Waals surface area contributed by atoms with E-state index in [0.29, 0.717) is 12.1 Å². The number of halogens is 4. The molecule has 0 radical (unpaired) electrons. The van der Waals surface area contributed by atoms with Crippen LogP contribution in [0.1, 0.15) is 18.4 Å². The Bertz CT molecular complexity index is 731. The molecule has 1 aromatic rings. The molecule has 6 nitrogen and oxygen atoms in total. The van der Waals surface area contributed by atoms with Crippen molar-refractivity contribution in [3.63, 3.8) is 0 Å². The summed E-state index contributed by atoms with van der Waals surface area (Å²) in [6.07, 6.45) is -5.17. The average Bonchev–Trinajstić information content (AvgIpc) is 2.46. The monoisotopic (exact) mass is 386 g/mol. The van der Waals surface area contributed by atoms with Crippen LogP contribution in [0.4, 0.5) is 18.0 Å². The predicted molar refractivity (Wildman–Crippen MR) is 79.4 cm³/mol. The number of alkyl halides is 3. The largest absolute Gasteiger partial charge is 0.465 e. The van der Waals surface area contributed by atoms with Gasteiger partial charge in [-0.15, -0.1) is 0 Å². The highest BCUT2D eigenvalue weighted by atomic mass is 35.5. The van der Waals surface area contributed by atoms with Crippen LogP contribution in [0, 0.1) is 0 Å². The van der Waals surface area contributed by atoms with Crippen LogP contribution < -0.4 is 4.72 Å². The predicted octanol–water partition coefficient (Wildman–Crippen LogP) is 2.78. The van der Waals surface area contributed by atoms with Crippen molar-refractivity contribution in [3.05, 3.63) is 28.8 Å². The molecule has 0 aromatic heterocycles. The van der Waals surface area contributed by atoms with E-state index < -0.39 is 43.8 Å². The zero-order chi connectivity index (χ0) is 18.1. The minimum absolute atomic E-state index is 0.170. The molecular weight excluding hydrogens is 373 g/mol. The number of hydrogen-bond acceptors (Lipinski definition) is 3. The molecule has 1 amide bonds. The van der Waals surface area contributed by atoms with Crippen LogP contribution in [0.15, 0.2) is 23.1 Å². The van der Waals surface area contributed by atoms with Gasteiger partial charge in [-0.05, 0) is 31.0 Å². The topological polar surface area (TPSA) is 86.7 Å². The van der Waals surface area contributed by atoms with Crippen LogP contribution in [0.3, 0.4) is 0 Å². The second-order valence-corrected chi connectivity index (χ2v) is 7.40. The van der Waals surface area contributed by atoms with Gasteiger partial charge < -0.3 is 10.0 Å². The lowest BCUT2D eigenvalue weighted by molar-refractivity contribution is -0.137. The smallest absolute Gasteiger partial charge is 0.416 e. The second-order valence-electron chi connectivity index (χ2n) is 5.31. The Hall–Kier alpha value is -1.52. The van der Waals surface area contributed by atoms with Gasteiger partial charge in [-0.25, -0.2) is 17.9 Å². The first-order valence-corrected chi connectivity index (χ1v) is 8.74. The number of piperidine rings is 1. The number of rotatable bonds is 3. The molecular formula is C13H14ClF3N2O4S. The number of amides is 1. The maximum Gasteiger partial charge on any atom is 0.416 e. The Balaban J connectivity index is 2.13. The molecule has 1 heterocycles. The summed E-state index contributed by atoms with van der Waals surface area (Å²) in [6.45, 7) is 0.340. The maximum atomic E-state index is 12.6. The number of hydrogen-bond donors (Lipinski definition) is 2. The number of sulfonamides is 1. The van der Waals surface area contributed by atoms with Crippen LogP contribution in [0.2, 0.25) is 5.02 Å². The zero-order valence-corrected chi connectivity index (χ0v) is 13.7. The lowest BCUT2D eigenvalue weighted by atomic mass is 10.1. The van der Waals surface area contributed by atoms with Crippen molar-refractivity contribution >= 4 is 27.7 Å². The number of nitrogens with zero attached hydrogens (tertiary/aromatic N) is 1. The van der Waals surface area contributed by atoms with Crippen LogP contribution in [0.5, 0.6) is 0 Å². The standard InChI is InChI=1S/C13H14ClF3N2O4S/c14-10-7-8(13(15,16)17)1-2-11(10)24(22,23)18-9-3-5-19(6-4-9)12(20)21/h1-2,7,9,18H,3-6H2,(H,20,21). The molecule has 0 saturated carbocycles. The Morgan fingerprint density at radius 3 is 2.33 bits per heavy atom. The van der Waals surface area contributed by atoms with E-state index in [2.05, 4.69) is 4.72 Å². The lowest BCUT2D eigenvalue weighted by Gasteiger charge is -2.30. The number of likely N-dealkylation sites (tertiary alicyclic amines) is 1. The van der Waals surface area contributed by atoms with Gasteiger partial charge in [0.15, 0.2) is 0 Å². The van der Waals surface area contributed by atoms with E-state index in [4.69, 9.17) is 16.7 Å². The van der Waals surface area contributed by atoms with Gasteiger partial charge in [0.05, 0.1) is 10.6 Å². The first-order valence-electron chi connectivity index (χ1n) is 6.87. The summed E-state index contributed by atoms with van der Waals surface area (Å²) in [5.41, 5.74) is -1.04. The summed E-state index contributed by atoms with van der Waals surface area (Å²) in [7, 11) is -4.11. The fraction of sp³-hybridized carbons (Fsp3) is 0.462. The Labute approximate surface area is 141 Å². The quantitative estimate of drug-likeness (QED) is 0.836. The van der Waals surface area contributed by atoms with E-state index in [1.165, 1.54) is 0 Å². The highest BCUT2D eigenvalue weighted by Crippen LogP contribution is 2.33. The maximum absolute atomic E-state index is 12.6. The van der Waals surface area contributed by atoms with Crippen molar-refractivity contribution in [1.82, 2.24) is 9.62 Å². The summed E-state index contributed by atoms with van der Waals surface area (Å²) < 4.78 is 64.7. The van der Waals surface area contributed by atoms with E-state index in [9.17, 15) is 26.4 Å². The molecule has 1 aromatic carbocycles. The minimum atomic E-state index is -4.62. The summed E-state index contributed by atoms with van der Waals surface area (Å²) >= 11 is 5.70. The minimum Gasteiger partial charge on any atom is -0.465 e. The van der Waals surface area contributed by atoms with E-state index >= 15 is 0 Å². The highest BCUT2D eigenvalue weighted by Gasteiger charge is 2.33. The van der Waals surface area contributed by atoms with Crippen molar-refractivity contribution in [3.8, 4) is 0 Å². The van der Waals surface area contributed by atoms with Gasteiger partial charge in [0.2, 0.25) is 10.0 Å². The molecule has 2 rings (SSSR count). The van der Waals surface area contributed by atoms with Crippen LogP contribution in [-0.2, 0) is 16.2 Å². The van der Waals surface area contributed by atoms with Crippen molar-refractivity contribution < 1.29 is 31.5 Å². The molecule has 0 spiro atoms. The lowest BCUT2D eigenvalue weighted by Crippen LogP contribution is -2.46. The Kier molecular flexibility index (Phi) is 5.31. The van der Waals surface area contributed by atoms with Gasteiger partial charge in [0.25, 0.3) is 0 Å². The molecule has 0 atom stereocenters. The van der Waals surface area contributed by atoms with E-state index in [-0.39, 0.29) is 25.9 Å². The zero-order valence-electron chi connectivity index (χ0n) is 12.2. The van der Waals surface area contributed by atoms with Crippen LogP contribution in [0.25, 0.3) is 0 Å². The summed E-state index contributed by atoms with van der Waals surface area (Å²) in [5.74, 6) is 0. The molecule has 1 saturated heterocycles. The normalized spacial score (nSPS) is 17.1. The fourth-order valence-electron chi connectivity index (χ4n) is 2.37. The molecule has 2 N–H and O–H groups in total.